The summed E-state index contributed by atoms with van der Waals surface area (Å²) in [5, 5.41) is 3.34. The molecule has 6 heteroatoms. The fourth-order valence-electron chi connectivity index (χ4n) is 1.96. The number of ether oxygens (including phenoxy) is 1. The summed E-state index contributed by atoms with van der Waals surface area (Å²) >= 11 is 0. The van der Waals surface area contributed by atoms with E-state index in [2.05, 4.69) is 34.6 Å². The molecule has 0 radical (unpaired) electrons. The van der Waals surface area contributed by atoms with Gasteiger partial charge in [0.05, 0.1) is 7.11 Å². The number of hydrogen-bond acceptors (Lipinski definition) is 6. The Morgan fingerprint density at radius 2 is 2.00 bits per heavy atom. The lowest BCUT2D eigenvalue weighted by atomic mass is 10.1. The Bertz CT molecular complexity index is 372. The summed E-state index contributed by atoms with van der Waals surface area (Å²) in [5.41, 5.74) is 2.50. The molecular weight excluding hydrogens is 242 g/mol. The minimum atomic E-state index is 0.339. The van der Waals surface area contributed by atoms with E-state index in [1.165, 1.54) is 32.0 Å². The minimum Gasteiger partial charge on any atom is -0.490 e. The van der Waals surface area contributed by atoms with E-state index in [1.807, 2.05) is 0 Å². The van der Waals surface area contributed by atoms with Crippen LogP contribution in [0, 0.1) is 0 Å². The molecule has 0 saturated carbocycles. The molecule has 4 N–H and O–H groups in total. The standard InChI is InChI=1S/C13H25N5O/c1-4-5-6-7-8-10(2)17-12-11(19-3)13(18-14)16-9-15-12/h9-10H,4-8,14H2,1-3H3,(H2,15,16,17,18). The number of nitrogen functional groups attached to an aromatic ring is 1. The predicted molar refractivity (Wildman–Crippen MR) is 78.2 cm³/mol. The van der Waals surface area contributed by atoms with Crippen molar-refractivity contribution in [3.63, 3.8) is 0 Å². The van der Waals surface area contributed by atoms with Crippen LogP contribution >= 0.6 is 0 Å². The summed E-state index contributed by atoms with van der Waals surface area (Å²) < 4.78 is 5.28. The van der Waals surface area contributed by atoms with Gasteiger partial charge in [-0.25, -0.2) is 15.8 Å². The Balaban J connectivity index is 2.56. The summed E-state index contributed by atoms with van der Waals surface area (Å²) in [6, 6.07) is 0.339. The van der Waals surface area contributed by atoms with Crippen molar-refractivity contribution in [2.45, 2.75) is 52.0 Å². The summed E-state index contributed by atoms with van der Waals surface area (Å²) in [6.45, 7) is 4.36. The Morgan fingerprint density at radius 1 is 1.26 bits per heavy atom. The molecule has 1 aromatic heterocycles. The summed E-state index contributed by atoms with van der Waals surface area (Å²) in [5.74, 6) is 7.10. The van der Waals surface area contributed by atoms with E-state index in [1.54, 1.807) is 7.11 Å². The highest BCUT2D eigenvalue weighted by Gasteiger charge is 2.13. The van der Waals surface area contributed by atoms with Gasteiger partial charge in [-0.05, 0) is 13.3 Å². The van der Waals surface area contributed by atoms with E-state index >= 15 is 0 Å². The molecule has 0 saturated heterocycles. The second kappa shape index (κ2) is 8.53. The Kier molecular flexibility index (Phi) is 6.95. The third kappa shape index (κ3) is 4.90. The fraction of sp³-hybridized carbons (Fsp3) is 0.692. The highest BCUT2D eigenvalue weighted by Crippen LogP contribution is 2.28. The van der Waals surface area contributed by atoms with Gasteiger partial charge in [-0.3, -0.25) is 0 Å². The first-order valence-electron chi connectivity index (χ1n) is 6.85. The number of nitrogens with two attached hydrogens (primary N) is 1. The van der Waals surface area contributed by atoms with Crippen molar-refractivity contribution in [1.29, 1.82) is 0 Å². The molecule has 19 heavy (non-hydrogen) atoms. The maximum absolute atomic E-state index is 5.39. The number of nitrogens with zero attached hydrogens (tertiary/aromatic N) is 2. The number of hydrazine groups is 1. The molecule has 1 heterocycles. The van der Waals surface area contributed by atoms with Crippen LogP contribution < -0.4 is 21.3 Å². The van der Waals surface area contributed by atoms with Crippen molar-refractivity contribution in [1.82, 2.24) is 9.97 Å². The highest BCUT2D eigenvalue weighted by atomic mass is 16.5. The third-order valence-corrected chi connectivity index (χ3v) is 3.02. The summed E-state index contributed by atoms with van der Waals surface area (Å²) in [7, 11) is 1.58. The number of hydrogen-bond donors (Lipinski definition) is 3. The van der Waals surface area contributed by atoms with Gasteiger partial charge in [0.25, 0.3) is 0 Å². The summed E-state index contributed by atoms with van der Waals surface area (Å²) in [6.07, 6.45) is 7.62. The Hall–Kier alpha value is -1.56. The first-order chi connectivity index (χ1) is 9.22. The van der Waals surface area contributed by atoms with Gasteiger partial charge in [0, 0.05) is 6.04 Å². The molecule has 0 spiro atoms. The molecule has 1 rings (SSSR count). The monoisotopic (exact) mass is 267 g/mol. The third-order valence-electron chi connectivity index (χ3n) is 3.02. The lowest BCUT2D eigenvalue weighted by Gasteiger charge is -2.17. The average molecular weight is 267 g/mol. The van der Waals surface area contributed by atoms with Crippen LogP contribution in [0.5, 0.6) is 5.75 Å². The molecular formula is C13H25N5O. The van der Waals surface area contributed by atoms with Gasteiger partial charge >= 0.3 is 0 Å². The van der Waals surface area contributed by atoms with Gasteiger partial charge in [0.2, 0.25) is 5.75 Å². The Morgan fingerprint density at radius 3 is 2.63 bits per heavy atom. The number of anilines is 2. The molecule has 6 nitrogen and oxygen atoms in total. The number of aromatic nitrogens is 2. The molecule has 0 bridgehead atoms. The van der Waals surface area contributed by atoms with Crippen molar-refractivity contribution in [2.24, 2.45) is 5.84 Å². The predicted octanol–water partition coefficient (Wildman–Crippen LogP) is 2.54. The van der Waals surface area contributed by atoms with Crippen molar-refractivity contribution in [3.05, 3.63) is 6.33 Å². The highest BCUT2D eigenvalue weighted by molar-refractivity contribution is 5.63. The van der Waals surface area contributed by atoms with Gasteiger partial charge in [-0.2, -0.15) is 0 Å². The van der Waals surface area contributed by atoms with Gasteiger partial charge in [-0.15, -0.1) is 0 Å². The largest absolute Gasteiger partial charge is 0.490 e. The van der Waals surface area contributed by atoms with Crippen molar-refractivity contribution in [2.75, 3.05) is 17.9 Å². The maximum Gasteiger partial charge on any atom is 0.205 e. The Labute approximate surface area is 115 Å². The van der Waals surface area contributed by atoms with Crippen LogP contribution in [0.25, 0.3) is 0 Å². The zero-order valence-electron chi connectivity index (χ0n) is 12.1. The van der Waals surface area contributed by atoms with Gasteiger partial charge in [0.1, 0.15) is 6.33 Å². The SMILES string of the molecule is CCCCCCC(C)Nc1ncnc(NN)c1OC. The number of unbranched alkanes of at least 4 members (excludes halogenated alkanes) is 3. The number of nitrogens with one attached hydrogen (secondary N) is 2. The van der Waals surface area contributed by atoms with Gasteiger partial charge in [0.15, 0.2) is 11.6 Å². The topological polar surface area (TPSA) is 85.1 Å². The molecule has 0 aliphatic rings. The smallest absolute Gasteiger partial charge is 0.205 e. The van der Waals surface area contributed by atoms with Crippen molar-refractivity contribution >= 4 is 11.6 Å². The van der Waals surface area contributed by atoms with E-state index < -0.39 is 0 Å². The molecule has 0 aromatic carbocycles. The second-order valence-corrected chi connectivity index (χ2v) is 4.64. The molecule has 0 amide bonds. The van der Waals surface area contributed by atoms with Crippen LogP contribution in [0.2, 0.25) is 0 Å². The van der Waals surface area contributed by atoms with Crippen molar-refractivity contribution in [3.8, 4) is 5.75 Å². The normalized spacial score (nSPS) is 12.0. The first kappa shape index (κ1) is 15.5. The molecule has 0 aliphatic carbocycles. The van der Waals surface area contributed by atoms with Gasteiger partial charge < -0.3 is 15.5 Å². The van der Waals surface area contributed by atoms with Crippen LogP contribution in [0.15, 0.2) is 6.33 Å². The molecule has 0 fully saturated rings. The lowest BCUT2D eigenvalue weighted by molar-refractivity contribution is 0.414. The molecule has 108 valence electrons. The zero-order valence-corrected chi connectivity index (χ0v) is 12.1. The van der Waals surface area contributed by atoms with Crippen LogP contribution in [0.3, 0.4) is 0 Å². The second-order valence-electron chi connectivity index (χ2n) is 4.64. The van der Waals surface area contributed by atoms with E-state index in [9.17, 15) is 0 Å². The molecule has 0 aliphatic heterocycles. The summed E-state index contributed by atoms with van der Waals surface area (Å²) in [4.78, 5) is 8.21. The number of rotatable bonds is 9. The van der Waals surface area contributed by atoms with Crippen LogP contribution in [0.1, 0.15) is 46.0 Å². The average Bonchev–Trinajstić information content (AvgIpc) is 2.43. The van der Waals surface area contributed by atoms with Gasteiger partial charge in [-0.1, -0.05) is 32.6 Å². The maximum atomic E-state index is 5.39. The quantitative estimate of drug-likeness (QED) is 0.362. The first-order valence-corrected chi connectivity index (χ1v) is 6.85. The molecule has 1 unspecified atom stereocenters. The van der Waals surface area contributed by atoms with E-state index in [-0.39, 0.29) is 0 Å². The van der Waals surface area contributed by atoms with Crippen LogP contribution in [-0.2, 0) is 0 Å². The zero-order chi connectivity index (χ0) is 14.1. The van der Waals surface area contributed by atoms with Crippen LogP contribution in [0.4, 0.5) is 11.6 Å². The van der Waals surface area contributed by atoms with Crippen molar-refractivity contribution < 1.29 is 4.74 Å². The van der Waals surface area contributed by atoms with E-state index in [0.717, 1.165) is 6.42 Å². The van der Waals surface area contributed by atoms with E-state index in [0.29, 0.717) is 23.4 Å². The number of methoxy groups -OCH3 is 1. The van der Waals surface area contributed by atoms with E-state index in [4.69, 9.17) is 10.6 Å². The lowest BCUT2D eigenvalue weighted by Crippen LogP contribution is -2.18. The molecule has 1 atom stereocenters. The minimum absolute atomic E-state index is 0.339. The fourth-order valence-corrected chi connectivity index (χ4v) is 1.96. The van der Waals surface area contributed by atoms with Crippen LogP contribution in [-0.4, -0.2) is 23.1 Å². The molecule has 1 aromatic rings.